The molecule has 0 unspecified atom stereocenters. The highest BCUT2D eigenvalue weighted by Crippen LogP contribution is 2.15. The van der Waals surface area contributed by atoms with Gasteiger partial charge in [-0.15, -0.1) is 0 Å². The summed E-state index contributed by atoms with van der Waals surface area (Å²) in [5.41, 5.74) is 5.01. The highest BCUT2D eigenvalue weighted by atomic mass is 14.9. The van der Waals surface area contributed by atoms with Gasteiger partial charge in [-0.3, -0.25) is 0 Å². The molecule has 1 aromatic heterocycles. The first-order chi connectivity index (χ1) is 11.3. The molecule has 0 aliphatic rings. The lowest BCUT2D eigenvalue weighted by Crippen LogP contribution is -1.89. The first kappa shape index (κ1) is 15.8. The second-order valence-electron chi connectivity index (χ2n) is 6.46. The number of nitrogens with zero attached hydrogens (tertiary/aromatic N) is 1. The summed E-state index contributed by atoms with van der Waals surface area (Å²) in [7, 11) is 0. The van der Waals surface area contributed by atoms with Crippen molar-refractivity contribution >= 4 is 11.0 Å². The summed E-state index contributed by atoms with van der Waals surface area (Å²) >= 11 is 0. The van der Waals surface area contributed by atoms with Gasteiger partial charge in [-0.1, -0.05) is 55.7 Å². The first-order valence-corrected chi connectivity index (χ1v) is 8.80. The lowest BCUT2D eigenvalue weighted by Gasteiger charge is -2.02. The van der Waals surface area contributed by atoms with Gasteiger partial charge >= 0.3 is 0 Å². The number of hydrogen-bond acceptors (Lipinski definition) is 1. The Kier molecular flexibility index (Phi) is 5.46. The lowest BCUT2D eigenvalue weighted by molar-refractivity contribution is 0.608. The van der Waals surface area contributed by atoms with Crippen molar-refractivity contribution in [2.45, 2.75) is 51.9 Å². The number of aromatic nitrogens is 2. The third-order valence-corrected chi connectivity index (χ3v) is 4.41. The zero-order valence-corrected chi connectivity index (χ0v) is 14.0. The molecule has 120 valence electrons. The van der Waals surface area contributed by atoms with Crippen LogP contribution in [0.3, 0.4) is 0 Å². The number of aromatic amines is 1. The van der Waals surface area contributed by atoms with Gasteiger partial charge in [0.1, 0.15) is 5.82 Å². The predicted molar refractivity (Wildman–Crippen MR) is 97.8 cm³/mol. The van der Waals surface area contributed by atoms with Crippen molar-refractivity contribution in [2.75, 3.05) is 0 Å². The lowest BCUT2D eigenvalue weighted by atomic mass is 10.0. The maximum absolute atomic E-state index is 4.67. The van der Waals surface area contributed by atoms with Gasteiger partial charge in [0.15, 0.2) is 0 Å². The summed E-state index contributed by atoms with van der Waals surface area (Å²) in [5, 5.41) is 0. The van der Waals surface area contributed by atoms with Crippen molar-refractivity contribution in [3.05, 3.63) is 65.5 Å². The second-order valence-corrected chi connectivity index (χ2v) is 6.46. The average Bonchev–Trinajstić information content (AvgIpc) is 2.96. The number of rotatable bonds is 8. The Morgan fingerprint density at radius 3 is 2.39 bits per heavy atom. The molecule has 3 aromatic rings. The van der Waals surface area contributed by atoms with Crippen molar-refractivity contribution in [3.63, 3.8) is 0 Å². The van der Waals surface area contributed by atoms with Crippen LogP contribution in [0.5, 0.6) is 0 Å². The fourth-order valence-electron chi connectivity index (χ4n) is 3.09. The molecule has 0 aliphatic heterocycles. The Morgan fingerprint density at radius 1 is 0.826 bits per heavy atom. The minimum atomic E-state index is 1.06. The predicted octanol–water partition coefficient (Wildman–Crippen LogP) is 5.61. The molecule has 0 amide bonds. The maximum Gasteiger partial charge on any atom is 0.107 e. The van der Waals surface area contributed by atoms with Crippen molar-refractivity contribution in [3.8, 4) is 0 Å². The van der Waals surface area contributed by atoms with Gasteiger partial charge in [-0.2, -0.15) is 0 Å². The van der Waals surface area contributed by atoms with Crippen LogP contribution in [-0.4, -0.2) is 9.97 Å². The Morgan fingerprint density at radius 2 is 1.57 bits per heavy atom. The number of aryl methyl sites for hydroxylation is 3. The van der Waals surface area contributed by atoms with E-state index < -0.39 is 0 Å². The van der Waals surface area contributed by atoms with E-state index in [0.29, 0.717) is 0 Å². The molecule has 0 saturated heterocycles. The van der Waals surface area contributed by atoms with E-state index in [-0.39, 0.29) is 0 Å². The Balaban J connectivity index is 1.33. The highest BCUT2D eigenvalue weighted by Gasteiger charge is 2.02. The van der Waals surface area contributed by atoms with Crippen LogP contribution < -0.4 is 0 Å². The topological polar surface area (TPSA) is 28.7 Å². The van der Waals surface area contributed by atoms with Crippen molar-refractivity contribution < 1.29 is 0 Å². The zero-order chi connectivity index (χ0) is 15.9. The van der Waals surface area contributed by atoms with Crippen LogP contribution in [0.2, 0.25) is 0 Å². The molecular weight excluding hydrogens is 280 g/mol. The number of imidazole rings is 1. The molecule has 0 bridgehead atoms. The van der Waals surface area contributed by atoms with Crippen LogP contribution in [0.4, 0.5) is 0 Å². The summed E-state index contributed by atoms with van der Waals surface area (Å²) in [4.78, 5) is 8.12. The number of unbranched alkanes of at least 4 members (excludes halogenated alkanes) is 4. The van der Waals surface area contributed by atoms with Crippen molar-refractivity contribution in [1.82, 2.24) is 9.97 Å². The van der Waals surface area contributed by atoms with E-state index >= 15 is 0 Å². The van der Waals surface area contributed by atoms with Crippen LogP contribution in [-0.2, 0) is 12.8 Å². The molecule has 0 radical (unpaired) electrons. The molecule has 3 rings (SSSR count). The summed E-state index contributed by atoms with van der Waals surface area (Å²) in [6, 6.07) is 17.2. The van der Waals surface area contributed by atoms with Gasteiger partial charge in [-0.05, 0) is 49.4 Å². The largest absolute Gasteiger partial charge is 0.342 e. The van der Waals surface area contributed by atoms with Gasteiger partial charge in [0.25, 0.3) is 0 Å². The number of benzene rings is 2. The molecule has 0 aliphatic carbocycles. The maximum atomic E-state index is 4.67. The molecule has 2 nitrogen and oxygen atoms in total. The Hall–Kier alpha value is -2.09. The molecule has 1 N–H and O–H groups in total. The molecule has 1 heterocycles. The standard InChI is InChI=1S/C21H26N2/c1-17-14-15-19-20(16-17)23-21(22-19)13-9-4-2-3-6-10-18-11-7-5-8-12-18/h5,7-8,11-12,14-16H,2-4,6,9-10,13H2,1H3,(H,22,23). The summed E-state index contributed by atoms with van der Waals surface area (Å²) in [5.74, 6) is 1.13. The van der Waals surface area contributed by atoms with Gasteiger partial charge < -0.3 is 4.98 Å². The third-order valence-electron chi connectivity index (χ3n) is 4.41. The third kappa shape index (κ3) is 4.69. The summed E-state index contributed by atoms with van der Waals surface area (Å²) in [6.45, 7) is 2.12. The molecule has 0 fully saturated rings. The summed E-state index contributed by atoms with van der Waals surface area (Å²) < 4.78 is 0. The Labute approximate surface area is 139 Å². The molecular formula is C21H26N2. The second kappa shape index (κ2) is 7.96. The fourth-order valence-corrected chi connectivity index (χ4v) is 3.09. The molecule has 2 aromatic carbocycles. The highest BCUT2D eigenvalue weighted by molar-refractivity contribution is 5.75. The minimum Gasteiger partial charge on any atom is -0.342 e. The number of hydrogen-bond donors (Lipinski definition) is 1. The van der Waals surface area contributed by atoms with Crippen molar-refractivity contribution in [2.24, 2.45) is 0 Å². The summed E-state index contributed by atoms with van der Waals surface area (Å²) in [6.07, 6.45) is 8.75. The monoisotopic (exact) mass is 306 g/mol. The molecule has 0 saturated carbocycles. The van der Waals surface area contributed by atoms with E-state index in [4.69, 9.17) is 0 Å². The number of fused-ring (bicyclic) bond motifs is 1. The van der Waals surface area contributed by atoms with E-state index in [1.54, 1.807) is 0 Å². The quantitative estimate of drug-likeness (QED) is 0.539. The van der Waals surface area contributed by atoms with E-state index in [0.717, 1.165) is 17.8 Å². The van der Waals surface area contributed by atoms with Gasteiger partial charge in [0.2, 0.25) is 0 Å². The fraction of sp³-hybridized carbons (Fsp3) is 0.381. The van der Waals surface area contributed by atoms with E-state index in [1.807, 2.05) is 0 Å². The van der Waals surface area contributed by atoms with E-state index in [1.165, 1.54) is 55.2 Å². The van der Waals surface area contributed by atoms with Crippen LogP contribution in [0.25, 0.3) is 11.0 Å². The van der Waals surface area contributed by atoms with E-state index in [2.05, 4.69) is 65.4 Å². The van der Waals surface area contributed by atoms with E-state index in [9.17, 15) is 0 Å². The minimum absolute atomic E-state index is 1.06. The smallest absolute Gasteiger partial charge is 0.107 e. The van der Waals surface area contributed by atoms with Crippen molar-refractivity contribution in [1.29, 1.82) is 0 Å². The Bertz CT molecular complexity index is 728. The molecule has 23 heavy (non-hydrogen) atoms. The average molecular weight is 306 g/mol. The number of nitrogens with one attached hydrogen (secondary N) is 1. The number of H-pyrrole nitrogens is 1. The molecule has 0 spiro atoms. The van der Waals surface area contributed by atoms with Crippen LogP contribution in [0, 0.1) is 6.92 Å². The van der Waals surface area contributed by atoms with Crippen LogP contribution in [0.1, 0.15) is 49.1 Å². The van der Waals surface area contributed by atoms with Gasteiger partial charge in [0.05, 0.1) is 11.0 Å². The van der Waals surface area contributed by atoms with Crippen LogP contribution in [0.15, 0.2) is 48.5 Å². The van der Waals surface area contributed by atoms with Gasteiger partial charge in [-0.25, -0.2) is 4.98 Å². The first-order valence-electron chi connectivity index (χ1n) is 8.80. The molecule has 2 heteroatoms. The SMILES string of the molecule is Cc1ccc2nc(CCCCCCCc3ccccc3)[nH]c2c1. The zero-order valence-electron chi connectivity index (χ0n) is 14.0. The normalized spacial score (nSPS) is 11.2. The molecule has 0 atom stereocenters. The van der Waals surface area contributed by atoms with Gasteiger partial charge in [0, 0.05) is 6.42 Å². The van der Waals surface area contributed by atoms with Crippen LogP contribution >= 0.6 is 0 Å².